The fourth-order valence-electron chi connectivity index (χ4n) is 1.78. The Morgan fingerprint density at radius 1 is 1.44 bits per heavy atom. The number of aryl methyl sites for hydroxylation is 1. The zero-order chi connectivity index (χ0) is 13.0. The van der Waals surface area contributed by atoms with Crippen LogP contribution in [-0.4, -0.2) is 21.3 Å². The molecule has 0 aliphatic carbocycles. The Hall–Kier alpha value is -2.19. The molecule has 92 valence electrons. The predicted octanol–water partition coefficient (Wildman–Crippen LogP) is 1.56. The summed E-state index contributed by atoms with van der Waals surface area (Å²) in [5.74, 6) is 0.186. The van der Waals surface area contributed by atoms with Gasteiger partial charge in [-0.3, -0.25) is 0 Å². The van der Waals surface area contributed by atoms with Crippen molar-refractivity contribution in [2.24, 2.45) is 0 Å². The van der Waals surface area contributed by atoms with Gasteiger partial charge in [0.2, 0.25) is 0 Å². The molecule has 5 nitrogen and oxygen atoms in total. The molecule has 0 aliphatic rings. The number of hydrogen-bond acceptors (Lipinski definition) is 4. The summed E-state index contributed by atoms with van der Waals surface area (Å²) < 4.78 is 1.63. The first-order chi connectivity index (χ1) is 8.74. The van der Waals surface area contributed by atoms with E-state index in [4.69, 9.17) is 5.26 Å². The molecule has 2 aromatic rings. The molecular formula is C13H15N5. The molecule has 0 amide bonds. The van der Waals surface area contributed by atoms with E-state index in [1.807, 2.05) is 19.1 Å². The maximum absolute atomic E-state index is 8.71. The molecule has 0 bridgehead atoms. The van der Waals surface area contributed by atoms with Crippen molar-refractivity contribution in [3.05, 3.63) is 41.5 Å². The van der Waals surface area contributed by atoms with Crippen LogP contribution in [0.2, 0.25) is 0 Å². The third-order valence-electron chi connectivity index (χ3n) is 2.68. The van der Waals surface area contributed by atoms with E-state index in [2.05, 4.69) is 34.5 Å². The molecule has 0 atom stereocenters. The molecule has 5 heteroatoms. The van der Waals surface area contributed by atoms with Gasteiger partial charge in [0.1, 0.15) is 12.4 Å². The molecule has 0 unspecified atom stereocenters. The van der Waals surface area contributed by atoms with Crippen LogP contribution in [0.1, 0.15) is 23.9 Å². The van der Waals surface area contributed by atoms with Crippen molar-refractivity contribution in [1.29, 1.82) is 5.26 Å². The molecule has 1 aromatic carbocycles. The molecule has 18 heavy (non-hydrogen) atoms. The molecule has 0 saturated carbocycles. The highest BCUT2D eigenvalue weighted by molar-refractivity contribution is 5.42. The average molecular weight is 241 g/mol. The summed E-state index contributed by atoms with van der Waals surface area (Å²) in [6.45, 7) is 5.92. The largest absolute Gasteiger partial charge is 0.313 e. The van der Waals surface area contributed by atoms with Crippen LogP contribution in [0, 0.1) is 18.3 Å². The Labute approximate surface area is 106 Å². The second-order valence-electron chi connectivity index (χ2n) is 4.03. The lowest BCUT2D eigenvalue weighted by Gasteiger charge is -2.08. The molecule has 1 aromatic heterocycles. The molecule has 0 spiro atoms. The minimum Gasteiger partial charge on any atom is -0.313 e. The monoisotopic (exact) mass is 241 g/mol. The number of aromatic nitrogens is 3. The normalized spacial score (nSPS) is 10.3. The van der Waals surface area contributed by atoms with Crippen molar-refractivity contribution in [3.63, 3.8) is 0 Å². The van der Waals surface area contributed by atoms with Crippen LogP contribution in [-0.2, 0) is 6.54 Å². The van der Waals surface area contributed by atoms with Crippen LogP contribution in [0.15, 0.2) is 24.5 Å². The zero-order valence-corrected chi connectivity index (χ0v) is 10.5. The predicted molar refractivity (Wildman–Crippen MR) is 68.2 cm³/mol. The van der Waals surface area contributed by atoms with Gasteiger partial charge in [-0.05, 0) is 30.7 Å². The average Bonchev–Trinajstić information content (AvgIpc) is 2.85. The van der Waals surface area contributed by atoms with Crippen LogP contribution in [0.25, 0.3) is 5.69 Å². The fraction of sp³-hybridized carbons (Fsp3) is 0.308. The van der Waals surface area contributed by atoms with E-state index in [1.54, 1.807) is 11.0 Å². The minimum atomic E-state index is 0.186. The first-order valence-electron chi connectivity index (χ1n) is 5.87. The Kier molecular flexibility index (Phi) is 3.70. The number of hydrogen-bond donors (Lipinski definition) is 1. The number of nitrogens with zero attached hydrogens (tertiary/aromatic N) is 4. The van der Waals surface area contributed by atoms with Gasteiger partial charge in [-0.1, -0.05) is 19.1 Å². The van der Waals surface area contributed by atoms with E-state index in [9.17, 15) is 0 Å². The lowest BCUT2D eigenvalue weighted by atomic mass is 10.1. The summed E-state index contributed by atoms with van der Waals surface area (Å²) in [4.78, 5) is 3.90. The van der Waals surface area contributed by atoms with Crippen molar-refractivity contribution in [2.75, 3.05) is 6.54 Å². The highest BCUT2D eigenvalue weighted by Crippen LogP contribution is 2.14. The van der Waals surface area contributed by atoms with Gasteiger partial charge in [0, 0.05) is 6.54 Å². The SMILES string of the molecule is CCNCc1ccc(-n2cnc(C#N)n2)c(C)c1. The van der Waals surface area contributed by atoms with Gasteiger partial charge >= 0.3 is 0 Å². The van der Waals surface area contributed by atoms with Gasteiger partial charge in [0.05, 0.1) is 5.69 Å². The van der Waals surface area contributed by atoms with Crippen LogP contribution in [0.4, 0.5) is 0 Å². The van der Waals surface area contributed by atoms with Crippen LogP contribution >= 0.6 is 0 Å². The van der Waals surface area contributed by atoms with Crippen LogP contribution < -0.4 is 5.32 Å². The molecule has 2 rings (SSSR count). The number of nitriles is 1. The number of benzene rings is 1. The minimum absolute atomic E-state index is 0.186. The van der Waals surface area contributed by atoms with Crippen molar-refractivity contribution >= 4 is 0 Å². The maximum Gasteiger partial charge on any atom is 0.252 e. The zero-order valence-electron chi connectivity index (χ0n) is 10.5. The van der Waals surface area contributed by atoms with Gasteiger partial charge in [-0.25, -0.2) is 9.67 Å². The third-order valence-corrected chi connectivity index (χ3v) is 2.68. The van der Waals surface area contributed by atoms with Gasteiger partial charge < -0.3 is 5.32 Å². The summed E-state index contributed by atoms with van der Waals surface area (Å²) >= 11 is 0. The van der Waals surface area contributed by atoms with Gasteiger partial charge in [-0.2, -0.15) is 5.26 Å². The summed E-state index contributed by atoms with van der Waals surface area (Å²) in [6.07, 6.45) is 1.56. The lowest BCUT2D eigenvalue weighted by molar-refractivity contribution is 0.725. The quantitative estimate of drug-likeness (QED) is 0.882. The maximum atomic E-state index is 8.71. The van der Waals surface area contributed by atoms with Crippen molar-refractivity contribution < 1.29 is 0 Å². The summed E-state index contributed by atoms with van der Waals surface area (Å²) in [5.41, 5.74) is 3.29. The molecule has 0 aliphatic heterocycles. The van der Waals surface area contributed by atoms with E-state index in [-0.39, 0.29) is 5.82 Å². The van der Waals surface area contributed by atoms with Crippen molar-refractivity contribution in [1.82, 2.24) is 20.1 Å². The van der Waals surface area contributed by atoms with Crippen molar-refractivity contribution in [3.8, 4) is 11.8 Å². The van der Waals surface area contributed by atoms with Crippen LogP contribution in [0.3, 0.4) is 0 Å². The van der Waals surface area contributed by atoms with E-state index >= 15 is 0 Å². The first kappa shape index (κ1) is 12.3. The molecule has 0 radical (unpaired) electrons. The second-order valence-corrected chi connectivity index (χ2v) is 4.03. The highest BCUT2D eigenvalue weighted by atomic mass is 15.3. The summed E-state index contributed by atoms with van der Waals surface area (Å²) in [5, 5.41) is 16.1. The third kappa shape index (κ3) is 2.55. The fourth-order valence-corrected chi connectivity index (χ4v) is 1.78. The molecule has 0 fully saturated rings. The van der Waals surface area contributed by atoms with Gasteiger partial charge in [0.25, 0.3) is 5.82 Å². The highest BCUT2D eigenvalue weighted by Gasteiger charge is 2.05. The molecule has 0 saturated heterocycles. The van der Waals surface area contributed by atoms with E-state index < -0.39 is 0 Å². The number of nitrogens with one attached hydrogen (secondary N) is 1. The molecule has 1 heterocycles. The summed E-state index contributed by atoms with van der Waals surface area (Å²) in [7, 11) is 0. The Morgan fingerprint density at radius 2 is 2.28 bits per heavy atom. The molecular weight excluding hydrogens is 226 g/mol. The topological polar surface area (TPSA) is 66.5 Å². The Bertz CT molecular complexity index is 579. The van der Waals surface area contributed by atoms with Crippen molar-refractivity contribution in [2.45, 2.75) is 20.4 Å². The van der Waals surface area contributed by atoms with E-state index in [0.29, 0.717) is 0 Å². The summed E-state index contributed by atoms with van der Waals surface area (Å²) in [6, 6.07) is 8.09. The van der Waals surface area contributed by atoms with E-state index in [0.717, 1.165) is 24.3 Å². The first-order valence-corrected chi connectivity index (χ1v) is 5.87. The standard InChI is InChI=1S/C13H15N5/c1-3-15-8-11-4-5-12(10(2)6-11)18-9-16-13(7-14)17-18/h4-6,9,15H,3,8H2,1-2H3. The Morgan fingerprint density at radius 3 is 2.89 bits per heavy atom. The van der Waals surface area contributed by atoms with E-state index in [1.165, 1.54) is 5.56 Å². The van der Waals surface area contributed by atoms with Crippen LogP contribution in [0.5, 0.6) is 0 Å². The second kappa shape index (κ2) is 5.43. The van der Waals surface area contributed by atoms with Gasteiger partial charge in [0.15, 0.2) is 0 Å². The number of rotatable bonds is 4. The molecule has 1 N–H and O–H groups in total. The van der Waals surface area contributed by atoms with Gasteiger partial charge in [-0.15, -0.1) is 5.10 Å². The lowest BCUT2D eigenvalue weighted by Crippen LogP contribution is -2.12. The smallest absolute Gasteiger partial charge is 0.252 e. The Balaban J connectivity index is 2.27.